The highest BCUT2D eigenvalue weighted by atomic mass is 16.5. The molecule has 1 aliphatic carbocycles. The van der Waals surface area contributed by atoms with Gasteiger partial charge in [0, 0.05) is 0 Å². The van der Waals surface area contributed by atoms with Gasteiger partial charge in [0.25, 0.3) is 0 Å². The molecule has 0 bridgehead atoms. The molecule has 4 heteroatoms. The summed E-state index contributed by atoms with van der Waals surface area (Å²) in [5.74, 6) is -0.108. The molecule has 1 atom stereocenters. The van der Waals surface area contributed by atoms with Crippen LogP contribution in [0.5, 0.6) is 0 Å². The Morgan fingerprint density at radius 2 is 1.94 bits per heavy atom. The van der Waals surface area contributed by atoms with Gasteiger partial charge in [0.05, 0.1) is 18.8 Å². The van der Waals surface area contributed by atoms with E-state index in [0.717, 1.165) is 19.3 Å². The number of hydrogen-bond donors (Lipinski definition) is 1. The SMILES string of the molecule is CCOC(=O)C(N)(COC(C)(C)CC)C1CC1. The van der Waals surface area contributed by atoms with Crippen LogP contribution in [0.1, 0.15) is 47.0 Å². The van der Waals surface area contributed by atoms with Gasteiger partial charge in [-0.2, -0.15) is 0 Å². The van der Waals surface area contributed by atoms with Crippen molar-refractivity contribution in [3.8, 4) is 0 Å². The lowest BCUT2D eigenvalue weighted by atomic mass is 9.95. The first-order chi connectivity index (χ1) is 7.85. The fourth-order valence-corrected chi connectivity index (χ4v) is 1.62. The zero-order valence-corrected chi connectivity index (χ0v) is 11.4. The standard InChI is InChI=1S/C13H25NO3/c1-5-12(3,4)17-9-13(14,10-7-8-10)11(15)16-6-2/h10H,5-9,14H2,1-4H3. The van der Waals surface area contributed by atoms with E-state index >= 15 is 0 Å². The number of hydrogen-bond acceptors (Lipinski definition) is 4. The first kappa shape index (κ1) is 14.5. The van der Waals surface area contributed by atoms with Gasteiger partial charge in [0.15, 0.2) is 0 Å². The van der Waals surface area contributed by atoms with Crippen LogP contribution in [0.4, 0.5) is 0 Å². The molecule has 2 N–H and O–H groups in total. The molecule has 1 saturated carbocycles. The third-order valence-corrected chi connectivity index (χ3v) is 3.51. The highest BCUT2D eigenvalue weighted by Crippen LogP contribution is 2.39. The van der Waals surface area contributed by atoms with Gasteiger partial charge < -0.3 is 15.2 Å². The average molecular weight is 243 g/mol. The molecule has 0 heterocycles. The summed E-state index contributed by atoms with van der Waals surface area (Å²) in [5, 5.41) is 0. The minimum atomic E-state index is -0.956. The number of carbonyl (C=O) groups excluding carboxylic acids is 1. The van der Waals surface area contributed by atoms with Crippen molar-refractivity contribution < 1.29 is 14.3 Å². The fraction of sp³-hybridized carbons (Fsp3) is 0.923. The lowest BCUT2D eigenvalue weighted by molar-refractivity contribution is -0.156. The van der Waals surface area contributed by atoms with Crippen LogP contribution < -0.4 is 5.73 Å². The molecule has 4 nitrogen and oxygen atoms in total. The predicted octanol–water partition coefficient (Wildman–Crippen LogP) is 1.86. The summed E-state index contributed by atoms with van der Waals surface area (Å²) in [4.78, 5) is 11.9. The Kier molecular flexibility index (Phi) is 4.55. The molecule has 0 aromatic rings. The van der Waals surface area contributed by atoms with Gasteiger partial charge in [-0.05, 0) is 46.0 Å². The van der Waals surface area contributed by atoms with E-state index in [9.17, 15) is 4.79 Å². The van der Waals surface area contributed by atoms with Crippen molar-refractivity contribution >= 4 is 5.97 Å². The maximum Gasteiger partial charge on any atom is 0.328 e. The molecule has 17 heavy (non-hydrogen) atoms. The molecule has 0 aromatic carbocycles. The van der Waals surface area contributed by atoms with Crippen molar-refractivity contribution in [2.75, 3.05) is 13.2 Å². The minimum Gasteiger partial charge on any atom is -0.465 e. The third-order valence-electron chi connectivity index (χ3n) is 3.51. The molecule has 1 rings (SSSR count). The van der Waals surface area contributed by atoms with Crippen LogP contribution in [-0.2, 0) is 14.3 Å². The summed E-state index contributed by atoms with van der Waals surface area (Å²) in [6.45, 7) is 8.47. The molecule has 0 aliphatic heterocycles. The van der Waals surface area contributed by atoms with E-state index in [1.807, 2.05) is 13.8 Å². The van der Waals surface area contributed by atoms with Crippen molar-refractivity contribution in [1.29, 1.82) is 0 Å². The first-order valence-electron chi connectivity index (χ1n) is 6.45. The van der Waals surface area contributed by atoms with Crippen LogP contribution in [0.15, 0.2) is 0 Å². The van der Waals surface area contributed by atoms with E-state index in [4.69, 9.17) is 15.2 Å². The molecular formula is C13H25NO3. The normalized spacial score (nSPS) is 19.8. The van der Waals surface area contributed by atoms with E-state index in [0.29, 0.717) is 6.61 Å². The van der Waals surface area contributed by atoms with Gasteiger partial charge in [-0.1, -0.05) is 6.92 Å². The van der Waals surface area contributed by atoms with Gasteiger partial charge >= 0.3 is 5.97 Å². The minimum absolute atomic E-state index is 0.217. The number of rotatable bonds is 7. The van der Waals surface area contributed by atoms with Crippen LogP contribution in [0.3, 0.4) is 0 Å². The van der Waals surface area contributed by atoms with E-state index in [-0.39, 0.29) is 24.1 Å². The summed E-state index contributed by atoms with van der Waals surface area (Å²) in [5.41, 5.74) is 5.00. The zero-order chi connectivity index (χ0) is 13.1. The Hall–Kier alpha value is -0.610. The van der Waals surface area contributed by atoms with Crippen LogP contribution in [0.25, 0.3) is 0 Å². The summed E-state index contributed by atoms with van der Waals surface area (Å²) in [6.07, 6.45) is 2.87. The molecule has 100 valence electrons. The maximum absolute atomic E-state index is 11.9. The highest BCUT2D eigenvalue weighted by molar-refractivity contribution is 5.81. The lowest BCUT2D eigenvalue weighted by Crippen LogP contribution is -2.56. The molecule has 0 saturated heterocycles. The second-order valence-corrected chi connectivity index (χ2v) is 5.44. The Morgan fingerprint density at radius 1 is 1.35 bits per heavy atom. The molecule has 0 spiro atoms. The second-order valence-electron chi connectivity index (χ2n) is 5.44. The number of nitrogens with two attached hydrogens (primary N) is 1. The lowest BCUT2D eigenvalue weighted by Gasteiger charge is -2.32. The van der Waals surface area contributed by atoms with Crippen molar-refractivity contribution in [2.45, 2.75) is 58.1 Å². The van der Waals surface area contributed by atoms with Gasteiger partial charge in [-0.3, -0.25) is 0 Å². The predicted molar refractivity (Wildman–Crippen MR) is 66.6 cm³/mol. The summed E-state index contributed by atoms with van der Waals surface area (Å²) in [6, 6.07) is 0. The van der Waals surface area contributed by atoms with Crippen LogP contribution >= 0.6 is 0 Å². The Bertz CT molecular complexity index is 274. The topological polar surface area (TPSA) is 61.5 Å². The van der Waals surface area contributed by atoms with Crippen LogP contribution in [0.2, 0.25) is 0 Å². The van der Waals surface area contributed by atoms with Crippen molar-refractivity contribution in [3.05, 3.63) is 0 Å². The number of ether oxygens (including phenoxy) is 2. The third kappa shape index (κ3) is 3.68. The van der Waals surface area contributed by atoms with Crippen molar-refractivity contribution in [3.63, 3.8) is 0 Å². The molecule has 0 amide bonds. The summed E-state index contributed by atoms with van der Waals surface area (Å²) >= 11 is 0. The molecule has 1 aliphatic rings. The first-order valence-corrected chi connectivity index (χ1v) is 6.45. The smallest absolute Gasteiger partial charge is 0.328 e. The highest BCUT2D eigenvalue weighted by Gasteiger charge is 2.50. The molecule has 1 fully saturated rings. The van der Waals surface area contributed by atoms with Crippen molar-refractivity contribution in [2.24, 2.45) is 11.7 Å². The Labute approximate surface area is 104 Å². The fourth-order valence-electron chi connectivity index (χ4n) is 1.62. The summed E-state index contributed by atoms with van der Waals surface area (Å²) in [7, 11) is 0. The van der Waals surface area contributed by atoms with E-state index in [1.165, 1.54) is 0 Å². The monoisotopic (exact) mass is 243 g/mol. The molecule has 1 unspecified atom stereocenters. The number of carbonyl (C=O) groups is 1. The Morgan fingerprint density at radius 3 is 2.35 bits per heavy atom. The molecule has 0 aromatic heterocycles. The second kappa shape index (κ2) is 5.36. The average Bonchev–Trinajstić information content (AvgIpc) is 3.10. The maximum atomic E-state index is 11.9. The zero-order valence-electron chi connectivity index (χ0n) is 11.4. The van der Waals surface area contributed by atoms with Gasteiger partial charge in [0.1, 0.15) is 5.54 Å². The van der Waals surface area contributed by atoms with E-state index in [1.54, 1.807) is 6.92 Å². The molecule has 0 radical (unpaired) electrons. The summed E-state index contributed by atoms with van der Waals surface area (Å²) < 4.78 is 10.8. The Balaban J connectivity index is 2.62. The van der Waals surface area contributed by atoms with Crippen LogP contribution in [0, 0.1) is 5.92 Å². The van der Waals surface area contributed by atoms with Gasteiger partial charge in [0.2, 0.25) is 0 Å². The number of esters is 1. The quantitative estimate of drug-likeness (QED) is 0.693. The van der Waals surface area contributed by atoms with E-state index in [2.05, 4.69) is 6.92 Å². The van der Waals surface area contributed by atoms with Gasteiger partial charge in [-0.25, -0.2) is 4.79 Å². The van der Waals surface area contributed by atoms with Crippen molar-refractivity contribution in [1.82, 2.24) is 0 Å². The van der Waals surface area contributed by atoms with Gasteiger partial charge in [-0.15, -0.1) is 0 Å². The van der Waals surface area contributed by atoms with E-state index < -0.39 is 5.54 Å². The molecular weight excluding hydrogens is 218 g/mol. The largest absolute Gasteiger partial charge is 0.465 e. The van der Waals surface area contributed by atoms with Crippen LogP contribution in [-0.4, -0.2) is 30.3 Å².